The number of anilines is 1. The molecule has 0 saturated carbocycles. The van der Waals surface area contributed by atoms with E-state index in [2.05, 4.69) is 20.7 Å². The Morgan fingerprint density at radius 3 is 3.06 bits per heavy atom. The highest BCUT2D eigenvalue weighted by Crippen LogP contribution is 2.13. The Kier molecular flexibility index (Phi) is 3.74. The van der Waals surface area contributed by atoms with Crippen LogP contribution in [0.15, 0.2) is 23.7 Å². The summed E-state index contributed by atoms with van der Waals surface area (Å²) in [4.78, 5) is 8.32. The number of nitrogens with zero attached hydrogens (tertiary/aromatic N) is 2. The molecule has 2 aromatic rings. The maximum atomic E-state index is 5.78. The molecule has 3 nitrogen and oxygen atoms in total. The first kappa shape index (κ1) is 11.4. The Balaban J connectivity index is 1.84. The molecule has 2 heterocycles. The Hall–Kier alpha value is -1.13. The molecule has 0 atom stereocenters. The molecule has 1 N–H and O–H groups in total. The monoisotopic (exact) mass is 253 g/mol. The van der Waals surface area contributed by atoms with Gasteiger partial charge in [0.15, 0.2) is 0 Å². The Labute approximate surface area is 104 Å². The van der Waals surface area contributed by atoms with E-state index in [1.807, 2.05) is 19.1 Å². The predicted molar refractivity (Wildman–Crippen MR) is 68.3 cm³/mol. The first-order valence-electron chi connectivity index (χ1n) is 5.00. The number of pyridine rings is 1. The fourth-order valence-electron chi connectivity index (χ4n) is 1.34. The molecule has 0 saturated heterocycles. The zero-order chi connectivity index (χ0) is 11.4. The van der Waals surface area contributed by atoms with Crippen LogP contribution in [0.4, 0.5) is 5.69 Å². The first-order valence-corrected chi connectivity index (χ1v) is 6.26. The third-order valence-corrected chi connectivity index (χ3v) is 3.29. The van der Waals surface area contributed by atoms with Crippen LogP contribution < -0.4 is 5.32 Å². The number of aryl methyl sites for hydroxylation is 1. The summed E-state index contributed by atoms with van der Waals surface area (Å²) in [5, 5.41) is 7.02. The van der Waals surface area contributed by atoms with Gasteiger partial charge in [0.05, 0.1) is 5.01 Å². The summed E-state index contributed by atoms with van der Waals surface area (Å²) < 4.78 is 0. The third-order valence-electron chi connectivity index (χ3n) is 2.06. The highest BCUT2D eigenvalue weighted by atomic mass is 35.5. The minimum Gasteiger partial charge on any atom is -0.384 e. The molecule has 2 rings (SSSR count). The van der Waals surface area contributed by atoms with Crippen molar-refractivity contribution in [1.29, 1.82) is 0 Å². The topological polar surface area (TPSA) is 37.8 Å². The quantitative estimate of drug-likeness (QED) is 0.851. The summed E-state index contributed by atoms with van der Waals surface area (Å²) in [6, 6.07) is 3.72. The van der Waals surface area contributed by atoms with E-state index in [9.17, 15) is 0 Å². The molecule has 0 aliphatic rings. The van der Waals surface area contributed by atoms with Gasteiger partial charge in [-0.2, -0.15) is 0 Å². The average Bonchev–Trinajstić information content (AvgIpc) is 2.64. The number of halogens is 1. The van der Waals surface area contributed by atoms with E-state index in [1.54, 1.807) is 17.5 Å². The van der Waals surface area contributed by atoms with Crippen molar-refractivity contribution in [2.75, 3.05) is 11.9 Å². The SMILES string of the molecule is Cc1csc(CCNc2ccnc(Cl)c2)n1. The maximum absolute atomic E-state index is 5.78. The summed E-state index contributed by atoms with van der Waals surface area (Å²) in [6.07, 6.45) is 2.62. The van der Waals surface area contributed by atoms with Crippen molar-refractivity contribution >= 4 is 28.6 Å². The van der Waals surface area contributed by atoms with E-state index in [0.29, 0.717) is 5.15 Å². The van der Waals surface area contributed by atoms with Crippen molar-refractivity contribution in [1.82, 2.24) is 9.97 Å². The molecule has 16 heavy (non-hydrogen) atoms. The van der Waals surface area contributed by atoms with Crippen molar-refractivity contribution in [2.24, 2.45) is 0 Å². The van der Waals surface area contributed by atoms with Gasteiger partial charge in [-0.25, -0.2) is 9.97 Å². The van der Waals surface area contributed by atoms with Crippen molar-refractivity contribution in [2.45, 2.75) is 13.3 Å². The van der Waals surface area contributed by atoms with Gasteiger partial charge in [-0.15, -0.1) is 11.3 Å². The Bertz CT molecular complexity index is 470. The molecule has 5 heteroatoms. The number of aromatic nitrogens is 2. The molecule has 0 unspecified atom stereocenters. The number of rotatable bonds is 4. The standard InChI is InChI=1S/C11H12ClN3S/c1-8-7-16-11(15-8)3-5-13-9-2-4-14-10(12)6-9/h2,4,6-7H,3,5H2,1H3,(H,13,14). The predicted octanol–water partition coefficient (Wildman–Crippen LogP) is 3.15. The van der Waals surface area contributed by atoms with Crippen LogP contribution in [0.2, 0.25) is 5.15 Å². The van der Waals surface area contributed by atoms with E-state index >= 15 is 0 Å². The zero-order valence-corrected chi connectivity index (χ0v) is 10.5. The van der Waals surface area contributed by atoms with Crippen LogP contribution in [-0.2, 0) is 6.42 Å². The minimum absolute atomic E-state index is 0.509. The van der Waals surface area contributed by atoms with Gasteiger partial charge < -0.3 is 5.32 Å². The van der Waals surface area contributed by atoms with Crippen LogP contribution in [0.5, 0.6) is 0 Å². The minimum atomic E-state index is 0.509. The largest absolute Gasteiger partial charge is 0.384 e. The van der Waals surface area contributed by atoms with Gasteiger partial charge in [0.1, 0.15) is 5.15 Å². The highest BCUT2D eigenvalue weighted by molar-refractivity contribution is 7.09. The van der Waals surface area contributed by atoms with Gasteiger partial charge >= 0.3 is 0 Å². The fourth-order valence-corrected chi connectivity index (χ4v) is 2.29. The van der Waals surface area contributed by atoms with Gasteiger partial charge in [-0.1, -0.05) is 11.6 Å². The molecule has 0 aliphatic heterocycles. The summed E-state index contributed by atoms with van der Waals surface area (Å²) in [5.74, 6) is 0. The van der Waals surface area contributed by atoms with Gasteiger partial charge in [0.2, 0.25) is 0 Å². The van der Waals surface area contributed by atoms with Crippen LogP contribution in [-0.4, -0.2) is 16.5 Å². The second-order valence-electron chi connectivity index (χ2n) is 3.43. The van der Waals surface area contributed by atoms with E-state index in [1.165, 1.54) is 0 Å². The lowest BCUT2D eigenvalue weighted by Crippen LogP contribution is -2.04. The van der Waals surface area contributed by atoms with Gasteiger partial charge in [0.25, 0.3) is 0 Å². The number of thiazole rings is 1. The molecule has 0 bridgehead atoms. The molecule has 0 amide bonds. The van der Waals surface area contributed by atoms with Crippen molar-refractivity contribution < 1.29 is 0 Å². The maximum Gasteiger partial charge on any atom is 0.131 e. The van der Waals surface area contributed by atoms with Crippen LogP contribution in [0.25, 0.3) is 0 Å². The van der Waals surface area contributed by atoms with Gasteiger partial charge in [-0.05, 0) is 19.1 Å². The molecular weight excluding hydrogens is 242 g/mol. The molecule has 0 fully saturated rings. The number of hydrogen-bond acceptors (Lipinski definition) is 4. The van der Waals surface area contributed by atoms with E-state index in [-0.39, 0.29) is 0 Å². The summed E-state index contributed by atoms with van der Waals surface area (Å²) >= 11 is 7.48. The van der Waals surface area contributed by atoms with Crippen LogP contribution >= 0.6 is 22.9 Å². The van der Waals surface area contributed by atoms with Crippen molar-refractivity contribution in [3.8, 4) is 0 Å². The Morgan fingerprint density at radius 1 is 1.50 bits per heavy atom. The number of nitrogens with one attached hydrogen (secondary N) is 1. The second kappa shape index (κ2) is 5.27. The molecule has 0 spiro atoms. The van der Waals surface area contributed by atoms with E-state index < -0.39 is 0 Å². The third kappa shape index (κ3) is 3.18. The highest BCUT2D eigenvalue weighted by Gasteiger charge is 1.99. The second-order valence-corrected chi connectivity index (χ2v) is 4.76. The van der Waals surface area contributed by atoms with Gasteiger partial charge in [0, 0.05) is 35.9 Å². The van der Waals surface area contributed by atoms with Crippen LogP contribution in [0.3, 0.4) is 0 Å². The lowest BCUT2D eigenvalue weighted by molar-refractivity contribution is 0.986. The number of hydrogen-bond donors (Lipinski definition) is 1. The zero-order valence-electron chi connectivity index (χ0n) is 8.90. The molecule has 0 aliphatic carbocycles. The van der Waals surface area contributed by atoms with Crippen molar-refractivity contribution in [3.63, 3.8) is 0 Å². The first-order chi connectivity index (χ1) is 7.74. The van der Waals surface area contributed by atoms with E-state index in [4.69, 9.17) is 11.6 Å². The lowest BCUT2D eigenvalue weighted by atomic mass is 10.3. The Morgan fingerprint density at radius 2 is 2.38 bits per heavy atom. The molecular formula is C11H12ClN3S. The summed E-state index contributed by atoms with van der Waals surface area (Å²) in [5.41, 5.74) is 2.08. The molecule has 0 radical (unpaired) electrons. The van der Waals surface area contributed by atoms with Crippen LogP contribution in [0.1, 0.15) is 10.7 Å². The van der Waals surface area contributed by atoms with Crippen molar-refractivity contribution in [3.05, 3.63) is 39.6 Å². The smallest absolute Gasteiger partial charge is 0.131 e. The van der Waals surface area contributed by atoms with Crippen LogP contribution in [0, 0.1) is 6.92 Å². The normalized spacial score (nSPS) is 10.4. The lowest BCUT2D eigenvalue weighted by Gasteiger charge is -2.04. The molecule has 2 aromatic heterocycles. The van der Waals surface area contributed by atoms with Gasteiger partial charge in [-0.3, -0.25) is 0 Å². The summed E-state index contributed by atoms with van der Waals surface area (Å²) in [6.45, 7) is 2.86. The molecule has 84 valence electrons. The molecule has 0 aromatic carbocycles. The van der Waals surface area contributed by atoms with E-state index in [0.717, 1.165) is 29.4 Å². The fraction of sp³-hybridized carbons (Fsp3) is 0.273. The summed E-state index contributed by atoms with van der Waals surface area (Å²) in [7, 11) is 0. The average molecular weight is 254 g/mol.